The van der Waals surface area contributed by atoms with Gasteiger partial charge in [0.1, 0.15) is 29.8 Å². The number of aromatic nitrogens is 1. The molecule has 1 aromatic carbocycles. The predicted molar refractivity (Wildman–Crippen MR) is 111 cm³/mol. The quantitative estimate of drug-likeness (QED) is 0.427. The minimum atomic E-state index is 0.429. The van der Waals surface area contributed by atoms with Crippen molar-refractivity contribution in [1.82, 2.24) is 4.98 Å². The van der Waals surface area contributed by atoms with Crippen LogP contribution in [0.1, 0.15) is 5.56 Å². The van der Waals surface area contributed by atoms with Crippen LogP contribution in [0.3, 0.4) is 0 Å². The Morgan fingerprint density at radius 1 is 0.933 bits per heavy atom. The van der Waals surface area contributed by atoms with Gasteiger partial charge < -0.3 is 29.1 Å². The van der Waals surface area contributed by atoms with Gasteiger partial charge in [0.25, 0.3) is 0 Å². The Kier molecular flexibility index (Phi) is 8.62. The fraction of sp³-hybridized carbons (Fsp3) is 0.364. The molecule has 0 unspecified atom stereocenters. The summed E-state index contributed by atoms with van der Waals surface area (Å²) < 4.78 is 27.7. The Morgan fingerprint density at radius 3 is 2.40 bits per heavy atom. The van der Waals surface area contributed by atoms with Gasteiger partial charge in [0, 0.05) is 29.9 Å². The highest BCUT2D eigenvalue weighted by Crippen LogP contribution is 2.31. The summed E-state index contributed by atoms with van der Waals surface area (Å²) in [5, 5.41) is 10.1. The van der Waals surface area contributed by atoms with Crippen LogP contribution in [0.15, 0.2) is 47.1 Å². The first-order valence-corrected chi connectivity index (χ1v) is 9.76. The third kappa shape index (κ3) is 6.27. The first-order chi connectivity index (χ1) is 14.8. The molecule has 3 rings (SSSR count). The standard InChI is InChI=1S/C22H25N3O5/c23-4-6-26-7-8-27-9-10-28-11-12-29-19-1-2-21-17(13-19)14-22(30-21)20-3-5-25-16-18(20)15-24/h1-3,5,13-14,16H,4,6-12,23H2. The molecule has 8 nitrogen and oxygen atoms in total. The number of rotatable bonds is 13. The molecule has 0 aliphatic carbocycles. The normalized spacial score (nSPS) is 10.9. The predicted octanol–water partition coefficient (Wildman–Crippen LogP) is 2.75. The van der Waals surface area contributed by atoms with Gasteiger partial charge in [0.05, 0.1) is 45.2 Å². The number of ether oxygens (including phenoxy) is 4. The molecule has 0 saturated carbocycles. The zero-order valence-electron chi connectivity index (χ0n) is 16.7. The van der Waals surface area contributed by atoms with Gasteiger partial charge >= 0.3 is 0 Å². The SMILES string of the molecule is N#Cc1cnccc1-c1cc2cc(OCCOCCOCCOCCN)ccc2o1. The molecule has 158 valence electrons. The van der Waals surface area contributed by atoms with Crippen molar-refractivity contribution < 1.29 is 23.4 Å². The fourth-order valence-corrected chi connectivity index (χ4v) is 2.79. The molecule has 30 heavy (non-hydrogen) atoms. The van der Waals surface area contributed by atoms with Crippen LogP contribution in [0.4, 0.5) is 0 Å². The number of hydrogen-bond donors (Lipinski definition) is 1. The lowest BCUT2D eigenvalue weighted by molar-refractivity contribution is 0.0106. The summed E-state index contributed by atoms with van der Waals surface area (Å²) >= 11 is 0. The Balaban J connectivity index is 1.42. The molecule has 0 aliphatic rings. The second-order valence-corrected chi connectivity index (χ2v) is 6.32. The van der Waals surface area contributed by atoms with E-state index in [1.54, 1.807) is 12.3 Å². The van der Waals surface area contributed by atoms with E-state index in [4.69, 9.17) is 29.1 Å². The maximum atomic E-state index is 9.25. The largest absolute Gasteiger partial charge is 0.491 e. The second-order valence-electron chi connectivity index (χ2n) is 6.32. The van der Waals surface area contributed by atoms with Crippen molar-refractivity contribution in [1.29, 1.82) is 5.26 Å². The molecule has 0 amide bonds. The van der Waals surface area contributed by atoms with E-state index in [0.717, 1.165) is 16.7 Å². The van der Waals surface area contributed by atoms with Crippen LogP contribution >= 0.6 is 0 Å². The zero-order chi connectivity index (χ0) is 21.0. The highest BCUT2D eigenvalue weighted by Gasteiger charge is 2.11. The van der Waals surface area contributed by atoms with E-state index < -0.39 is 0 Å². The van der Waals surface area contributed by atoms with Crippen molar-refractivity contribution in [3.05, 3.63) is 48.3 Å². The molecule has 0 fully saturated rings. The molecule has 2 heterocycles. The van der Waals surface area contributed by atoms with Crippen molar-refractivity contribution in [3.8, 4) is 23.1 Å². The first kappa shape index (κ1) is 21.7. The molecule has 8 heteroatoms. The molecule has 3 aromatic rings. The van der Waals surface area contributed by atoms with Crippen LogP contribution in [0.25, 0.3) is 22.3 Å². The number of nitrogens with zero attached hydrogens (tertiary/aromatic N) is 2. The number of fused-ring (bicyclic) bond motifs is 1. The van der Waals surface area contributed by atoms with Crippen LogP contribution in [0.5, 0.6) is 5.75 Å². The van der Waals surface area contributed by atoms with Gasteiger partial charge in [0.2, 0.25) is 0 Å². The smallest absolute Gasteiger partial charge is 0.136 e. The Morgan fingerprint density at radius 2 is 1.67 bits per heavy atom. The summed E-state index contributed by atoms with van der Waals surface area (Å²) in [6, 6.07) is 11.4. The maximum Gasteiger partial charge on any atom is 0.136 e. The van der Waals surface area contributed by atoms with Crippen molar-refractivity contribution >= 4 is 11.0 Å². The monoisotopic (exact) mass is 411 g/mol. The molecular formula is C22H25N3O5. The lowest BCUT2D eigenvalue weighted by Crippen LogP contribution is -2.14. The number of benzene rings is 1. The van der Waals surface area contributed by atoms with E-state index in [-0.39, 0.29) is 0 Å². The number of furan rings is 1. The van der Waals surface area contributed by atoms with Crippen LogP contribution in [-0.4, -0.2) is 57.8 Å². The summed E-state index contributed by atoms with van der Waals surface area (Å²) in [7, 11) is 0. The van der Waals surface area contributed by atoms with Gasteiger partial charge in [-0.15, -0.1) is 0 Å². The topological polar surface area (TPSA) is 113 Å². The van der Waals surface area contributed by atoms with Crippen LogP contribution in [0.2, 0.25) is 0 Å². The summed E-state index contributed by atoms with van der Waals surface area (Å²) in [4.78, 5) is 3.98. The highest BCUT2D eigenvalue weighted by atomic mass is 16.6. The Bertz CT molecular complexity index is 967. The number of nitrogens with two attached hydrogens (primary N) is 1. The number of nitriles is 1. The Labute approximate surface area is 175 Å². The Hall–Kier alpha value is -2.96. The summed E-state index contributed by atoms with van der Waals surface area (Å²) in [5.41, 5.74) is 7.24. The number of hydrogen-bond acceptors (Lipinski definition) is 8. The molecular weight excluding hydrogens is 386 g/mol. The van der Waals surface area contributed by atoms with Crippen LogP contribution in [-0.2, 0) is 14.2 Å². The fourth-order valence-electron chi connectivity index (χ4n) is 2.79. The van der Waals surface area contributed by atoms with E-state index >= 15 is 0 Å². The molecule has 2 aromatic heterocycles. The van der Waals surface area contributed by atoms with Crippen molar-refractivity contribution in [2.45, 2.75) is 0 Å². The van der Waals surface area contributed by atoms with Gasteiger partial charge in [-0.1, -0.05) is 0 Å². The summed E-state index contributed by atoms with van der Waals surface area (Å²) in [6.45, 7) is 4.04. The molecule has 2 N–H and O–H groups in total. The number of pyridine rings is 1. The minimum Gasteiger partial charge on any atom is -0.491 e. The van der Waals surface area contributed by atoms with Crippen LogP contribution < -0.4 is 10.5 Å². The lowest BCUT2D eigenvalue weighted by atomic mass is 10.1. The molecule has 0 spiro atoms. The summed E-state index contributed by atoms with van der Waals surface area (Å²) in [6.07, 6.45) is 3.16. The zero-order valence-corrected chi connectivity index (χ0v) is 16.7. The molecule has 0 radical (unpaired) electrons. The van der Waals surface area contributed by atoms with Gasteiger partial charge in [0.15, 0.2) is 0 Å². The van der Waals surface area contributed by atoms with Crippen molar-refractivity contribution in [3.63, 3.8) is 0 Å². The van der Waals surface area contributed by atoms with E-state index in [9.17, 15) is 5.26 Å². The average molecular weight is 411 g/mol. The van der Waals surface area contributed by atoms with E-state index in [1.165, 1.54) is 6.20 Å². The molecule has 0 aliphatic heterocycles. The third-order valence-electron chi connectivity index (χ3n) is 4.20. The van der Waals surface area contributed by atoms with Gasteiger partial charge in [-0.3, -0.25) is 4.98 Å². The maximum absolute atomic E-state index is 9.25. The highest BCUT2D eigenvalue weighted by molar-refractivity contribution is 5.85. The second kappa shape index (κ2) is 11.9. The van der Waals surface area contributed by atoms with Gasteiger partial charge in [-0.2, -0.15) is 5.26 Å². The van der Waals surface area contributed by atoms with Gasteiger partial charge in [-0.25, -0.2) is 0 Å². The lowest BCUT2D eigenvalue weighted by Gasteiger charge is -2.08. The third-order valence-corrected chi connectivity index (χ3v) is 4.20. The molecule has 0 saturated heterocycles. The van der Waals surface area contributed by atoms with E-state index in [2.05, 4.69) is 11.1 Å². The van der Waals surface area contributed by atoms with Crippen molar-refractivity contribution in [2.75, 3.05) is 52.8 Å². The average Bonchev–Trinajstić information content (AvgIpc) is 3.20. The van der Waals surface area contributed by atoms with E-state index in [0.29, 0.717) is 69.7 Å². The van der Waals surface area contributed by atoms with Crippen LogP contribution in [0, 0.1) is 11.3 Å². The summed E-state index contributed by atoms with van der Waals surface area (Å²) in [5.74, 6) is 1.35. The van der Waals surface area contributed by atoms with E-state index in [1.807, 2.05) is 24.3 Å². The van der Waals surface area contributed by atoms with Crippen molar-refractivity contribution in [2.24, 2.45) is 5.73 Å². The molecule has 0 atom stereocenters. The van der Waals surface area contributed by atoms with Gasteiger partial charge in [-0.05, 0) is 30.3 Å². The minimum absolute atomic E-state index is 0.429. The first-order valence-electron chi connectivity index (χ1n) is 9.76. The molecule has 0 bridgehead atoms.